The Morgan fingerprint density at radius 2 is 1.89 bits per heavy atom. The minimum atomic E-state index is 0.00547. The first-order chi connectivity index (χ1) is 9.15. The summed E-state index contributed by atoms with van der Waals surface area (Å²) in [6.07, 6.45) is 7.33. The van der Waals surface area contributed by atoms with Gasteiger partial charge in [-0.2, -0.15) is 0 Å². The molecule has 4 nitrogen and oxygen atoms in total. The Balaban J connectivity index is 1.71. The Bertz CT molecular complexity index is 408. The number of nitrogens with one attached hydrogen (secondary N) is 1. The van der Waals surface area contributed by atoms with Gasteiger partial charge >= 0.3 is 0 Å². The Morgan fingerprint density at radius 1 is 1.26 bits per heavy atom. The predicted octanol–water partition coefficient (Wildman–Crippen LogP) is 1.47. The summed E-state index contributed by atoms with van der Waals surface area (Å²) in [6, 6.07) is 0.00547. The highest BCUT2D eigenvalue weighted by molar-refractivity contribution is 5.90. The molecule has 0 aromatic rings. The van der Waals surface area contributed by atoms with Crippen molar-refractivity contribution in [2.75, 3.05) is 13.1 Å². The van der Waals surface area contributed by atoms with E-state index in [1.165, 1.54) is 31.3 Å². The van der Waals surface area contributed by atoms with Gasteiger partial charge in [0.2, 0.25) is 11.8 Å². The van der Waals surface area contributed by atoms with E-state index in [-0.39, 0.29) is 17.9 Å². The lowest BCUT2D eigenvalue weighted by Crippen LogP contribution is -2.38. The van der Waals surface area contributed by atoms with Gasteiger partial charge in [0.25, 0.3) is 0 Å². The van der Waals surface area contributed by atoms with Crippen molar-refractivity contribution in [2.45, 2.75) is 45.1 Å². The Labute approximate surface area is 114 Å². The van der Waals surface area contributed by atoms with Crippen molar-refractivity contribution in [3.8, 4) is 0 Å². The van der Waals surface area contributed by atoms with Gasteiger partial charge in [0.1, 0.15) is 0 Å². The van der Waals surface area contributed by atoms with Crippen molar-refractivity contribution in [1.29, 1.82) is 0 Å². The molecule has 3 rings (SSSR count). The van der Waals surface area contributed by atoms with Crippen LogP contribution in [0.5, 0.6) is 0 Å². The summed E-state index contributed by atoms with van der Waals surface area (Å²) >= 11 is 0. The van der Waals surface area contributed by atoms with Crippen molar-refractivity contribution >= 4 is 11.8 Å². The van der Waals surface area contributed by atoms with E-state index in [2.05, 4.69) is 5.32 Å². The molecule has 0 aromatic heterocycles. The van der Waals surface area contributed by atoms with Gasteiger partial charge in [0, 0.05) is 31.6 Å². The van der Waals surface area contributed by atoms with Crippen LogP contribution in [0.15, 0.2) is 11.6 Å². The molecule has 0 spiro atoms. The zero-order chi connectivity index (χ0) is 13.4. The van der Waals surface area contributed by atoms with Crippen molar-refractivity contribution in [2.24, 2.45) is 11.8 Å². The van der Waals surface area contributed by atoms with E-state index in [1.54, 1.807) is 0 Å². The lowest BCUT2D eigenvalue weighted by atomic mass is 10.1. The monoisotopic (exact) mass is 262 g/mol. The molecule has 1 aliphatic heterocycles. The predicted molar refractivity (Wildman–Crippen MR) is 72.3 cm³/mol. The summed E-state index contributed by atoms with van der Waals surface area (Å²) in [5, 5.41) is 2.83. The molecule has 1 saturated heterocycles. The van der Waals surface area contributed by atoms with E-state index in [0.29, 0.717) is 31.3 Å². The first-order valence-electron chi connectivity index (χ1n) is 7.44. The quantitative estimate of drug-likeness (QED) is 0.783. The number of nitrogens with zero attached hydrogens (tertiary/aromatic N) is 1. The summed E-state index contributed by atoms with van der Waals surface area (Å²) in [5.41, 5.74) is 1.39. The highest BCUT2D eigenvalue weighted by Crippen LogP contribution is 2.48. The van der Waals surface area contributed by atoms with Crippen LogP contribution in [0.3, 0.4) is 0 Å². The molecule has 1 N–H and O–H groups in total. The van der Waals surface area contributed by atoms with Gasteiger partial charge in [-0.1, -0.05) is 5.57 Å². The molecule has 19 heavy (non-hydrogen) atoms. The molecule has 1 atom stereocenters. The second-order valence-corrected chi connectivity index (χ2v) is 6.13. The van der Waals surface area contributed by atoms with Crippen LogP contribution in [0.1, 0.15) is 39.0 Å². The summed E-state index contributed by atoms with van der Waals surface area (Å²) in [5.74, 6) is 1.52. The highest BCUT2D eigenvalue weighted by atomic mass is 16.2. The normalized spacial score (nSPS) is 27.5. The first kappa shape index (κ1) is 12.7. The maximum absolute atomic E-state index is 12.5. The molecule has 1 heterocycles. The van der Waals surface area contributed by atoms with Gasteiger partial charge in [-0.25, -0.2) is 0 Å². The lowest BCUT2D eigenvalue weighted by molar-refractivity contribution is -0.128. The van der Waals surface area contributed by atoms with Crippen LogP contribution in [-0.2, 0) is 9.59 Å². The van der Waals surface area contributed by atoms with Gasteiger partial charge < -0.3 is 10.2 Å². The van der Waals surface area contributed by atoms with E-state index in [4.69, 9.17) is 0 Å². The second kappa shape index (κ2) is 4.99. The number of hydrogen-bond acceptors (Lipinski definition) is 2. The summed E-state index contributed by atoms with van der Waals surface area (Å²) < 4.78 is 0. The lowest BCUT2D eigenvalue weighted by Gasteiger charge is -2.25. The second-order valence-electron chi connectivity index (χ2n) is 6.13. The maximum atomic E-state index is 12.5. The van der Waals surface area contributed by atoms with E-state index < -0.39 is 0 Å². The molecule has 104 valence electrons. The van der Waals surface area contributed by atoms with Crippen LogP contribution in [-0.4, -0.2) is 35.8 Å². The molecular formula is C15H22N2O2. The Hall–Kier alpha value is -1.32. The molecule has 1 unspecified atom stereocenters. The molecule has 3 fully saturated rings. The average molecular weight is 262 g/mol. The number of carbonyl (C=O) groups is 2. The van der Waals surface area contributed by atoms with Crippen molar-refractivity contribution < 1.29 is 9.59 Å². The van der Waals surface area contributed by atoms with E-state index in [1.807, 2.05) is 17.9 Å². The van der Waals surface area contributed by atoms with Gasteiger partial charge in [-0.15, -0.1) is 0 Å². The topological polar surface area (TPSA) is 49.4 Å². The van der Waals surface area contributed by atoms with Crippen molar-refractivity contribution in [3.05, 3.63) is 11.6 Å². The number of allylic oxidation sites excluding steroid dienone is 1. The van der Waals surface area contributed by atoms with Gasteiger partial charge in [-0.05, 0) is 44.4 Å². The minimum absolute atomic E-state index is 0.00547. The number of hydrogen-bond donors (Lipinski definition) is 1. The standard InChI is InChI=1S/C15H22N2O2/c1-10-8-14(18)16-6-7-17(10)15(19)9-13(11-2-3-11)12-4-5-12/h9-12H,2-8H2,1H3,(H,16,18). The molecule has 0 bridgehead atoms. The molecule has 4 heteroatoms. The summed E-state index contributed by atoms with van der Waals surface area (Å²) in [4.78, 5) is 25.8. The zero-order valence-corrected chi connectivity index (χ0v) is 11.5. The Kier molecular flexibility index (Phi) is 3.33. The molecule has 0 radical (unpaired) electrons. The van der Waals surface area contributed by atoms with Crippen molar-refractivity contribution in [1.82, 2.24) is 10.2 Å². The molecular weight excluding hydrogens is 240 g/mol. The van der Waals surface area contributed by atoms with Crippen molar-refractivity contribution in [3.63, 3.8) is 0 Å². The molecule has 2 saturated carbocycles. The summed E-state index contributed by atoms with van der Waals surface area (Å²) in [7, 11) is 0. The third kappa shape index (κ3) is 2.99. The van der Waals surface area contributed by atoms with E-state index in [9.17, 15) is 9.59 Å². The maximum Gasteiger partial charge on any atom is 0.246 e. The fourth-order valence-corrected chi connectivity index (χ4v) is 2.94. The van der Waals surface area contributed by atoms with E-state index >= 15 is 0 Å². The van der Waals surface area contributed by atoms with Crippen LogP contribution >= 0.6 is 0 Å². The largest absolute Gasteiger partial charge is 0.354 e. The molecule has 2 aliphatic carbocycles. The summed E-state index contributed by atoms with van der Waals surface area (Å²) in [6.45, 7) is 3.17. The van der Waals surface area contributed by atoms with Crippen LogP contribution in [0.25, 0.3) is 0 Å². The third-order valence-corrected chi connectivity index (χ3v) is 4.36. The van der Waals surface area contributed by atoms with Gasteiger partial charge in [0.15, 0.2) is 0 Å². The molecule has 2 amide bonds. The molecule has 3 aliphatic rings. The fourth-order valence-electron chi connectivity index (χ4n) is 2.94. The number of carbonyl (C=O) groups excluding carboxylic acids is 2. The minimum Gasteiger partial charge on any atom is -0.354 e. The third-order valence-electron chi connectivity index (χ3n) is 4.36. The number of rotatable bonds is 3. The SMILES string of the molecule is CC1CC(=O)NCCN1C(=O)C=C(C1CC1)C1CC1. The smallest absolute Gasteiger partial charge is 0.246 e. The number of amides is 2. The van der Waals surface area contributed by atoms with Crippen LogP contribution in [0.4, 0.5) is 0 Å². The van der Waals surface area contributed by atoms with E-state index in [0.717, 1.165) is 0 Å². The van der Waals surface area contributed by atoms with Crippen LogP contribution < -0.4 is 5.32 Å². The fraction of sp³-hybridized carbons (Fsp3) is 0.733. The first-order valence-corrected chi connectivity index (χ1v) is 7.44. The Morgan fingerprint density at radius 3 is 2.47 bits per heavy atom. The van der Waals surface area contributed by atoms with Crippen LogP contribution in [0, 0.1) is 11.8 Å². The average Bonchev–Trinajstić information content (AvgIpc) is 3.22. The van der Waals surface area contributed by atoms with Crippen LogP contribution in [0.2, 0.25) is 0 Å². The van der Waals surface area contributed by atoms with Gasteiger partial charge in [0.05, 0.1) is 0 Å². The highest BCUT2D eigenvalue weighted by Gasteiger charge is 2.37. The zero-order valence-electron chi connectivity index (χ0n) is 11.5. The van der Waals surface area contributed by atoms with Gasteiger partial charge in [-0.3, -0.25) is 9.59 Å². The molecule has 0 aromatic carbocycles.